The van der Waals surface area contributed by atoms with Gasteiger partial charge in [0.05, 0.1) is 18.5 Å². The Morgan fingerprint density at radius 3 is 2.55 bits per heavy atom. The summed E-state index contributed by atoms with van der Waals surface area (Å²) in [6.45, 7) is 10.1. The third kappa shape index (κ3) is 5.30. The van der Waals surface area contributed by atoms with E-state index in [1.54, 1.807) is 24.5 Å². The summed E-state index contributed by atoms with van der Waals surface area (Å²) in [5.74, 6) is 0.609. The van der Waals surface area contributed by atoms with Crippen LogP contribution in [0, 0.1) is 11.3 Å². The first-order valence-electron chi connectivity index (χ1n) is 13.7. The van der Waals surface area contributed by atoms with Crippen LogP contribution in [0.3, 0.4) is 0 Å². The molecule has 0 bridgehead atoms. The summed E-state index contributed by atoms with van der Waals surface area (Å²) in [7, 11) is 0. The van der Waals surface area contributed by atoms with E-state index >= 15 is 0 Å². The predicted octanol–water partition coefficient (Wildman–Crippen LogP) is 5.37. The summed E-state index contributed by atoms with van der Waals surface area (Å²) in [6.07, 6.45) is 4.26. The molecule has 3 atom stereocenters. The van der Waals surface area contributed by atoms with Crippen molar-refractivity contribution in [3.05, 3.63) is 95.3 Å². The van der Waals surface area contributed by atoms with Crippen molar-refractivity contribution in [2.75, 3.05) is 0 Å². The number of aromatic nitrogens is 1. The molecule has 2 amide bonds. The summed E-state index contributed by atoms with van der Waals surface area (Å²) >= 11 is 0. The van der Waals surface area contributed by atoms with Gasteiger partial charge in [-0.2, -0.15) is 0 Å². The maximum absolute atomic E-state index is 13.6. The number of rotatable bonds is 6. The number of carbonyl (C=O) groups excluding carboxylic acids is 2. The molecule has 1 aromatic heterocycles. The van der Waals surface area contributed by atoms with E-state index in [1.807, 2.05) is 83.1 Å². The van der Waals surface area contributed by atoms with Crippen LogP contribution < -0.4 is 15.4 Å². The van der Waals surface area contributed by atoms with Crippen molar-refractivity contribution in [3.63, 3.8) is 0 Å². The Morgan fingerprint density at radius 1 is 1.10 bits per heavy atom. The first-order chi connectivity index (χ1) is 19.0. The fourth-order valence-electron chi connectivity index (χ4n) is 5.57. The molecule has 8 nitrogen and oxygen atoms in total. The quantitative estimate of drug-likeness (QED) is 0.390. The molecule has 1 fully saturated rings. The number of nitrogens with zero attached hydrogens (tertiary/aromatic N) is 2. The summed E-state index contributed by atoms with van der Waals surface area (Å²) in [6, 6.07) is 17.9. The Hall–Kier alpha value is -4.20. The third-order valence-electron chi connectivity index (χ3n) is 8.11. The minimum Gasteiger partial charge on any atom is -0.487 e. The zero-order chi connectivity index (χ0) is 28.7. The van der Waals surface area contributed by atoms with Gasteiger partial charge in [-0.3, -0.25) is 24.9 Å². The first-order valence-corrected chi connectivity index (χ1v) is 13.7. The van der Waals surface area contributed by atoms with Crippen LogP contribution in [0.25, 0.3) is 0 Å². The van der Waals surface area contributed by atoms with Gasteiger partial charge in [-0.05, 0) is 62.1 Å². The van der Waals surface area contributed by atoms with Gasteiger partial charge >= 0.3 is 0 Å². The molecule has 3 aromatic rings. The molecule has 8 heteroatoms. The monoisotopic (exact) mass is 539 g/mol. The van der Waals surface area contributed by atoms with Crippen LogP contribution in [-0.4, -0.2) is 38.8 Å². The number of para-hydroxylation sites is 1. The van der Waals surface area contributed by atoms with E-state index in [2.05, 4.69) is 15.6 Å². The van der Waals surface area contributed by atoms with Crippen LogP contribution in [0.15, 0.2) is 73.1 Å². The largest absolute Gasteiger partial charge is 0.487 e. The van der Waals surface area contributed by atoms with Gasteiger partial charge in [-0.15, -0.1) is 0 Å². The number of benzene rings is 2. The highest BCUT2D eigenvalue weighted by molar-refractivity contribution is 6.00. The number of fused-ring (bicyclic) bond motifs is 1. The Labute approximate surface area is 235 Å². The number of hydrogen-bond donors (Lipinski definition) is 3. The number of amides is 2. The van der Waals surface area contributed by atoms with E-state index in [0.717, 1.165) is 22.4 Å². The molecule has 2 aromatic carbocycles. The number of hydrogen-bond acceptors (Lipinski definition) is 5. The summed E-state index contributed by atoms with van der Waals surface area (Å²) in [5, 5.41) is 15.3. The van der Waals surface area contributed by atoms with E-state index in [4.69, 9.17) is 10.1 Å². The summed E-state index contributed by atoms with van der Waals surface area (Å²) < 4.78 is 6.13. The lowest BCUT2D eigenvalue weighted by atomic mass is 9.82. The molecular weight excluding hydrogens is 502 g/mol. The molecule has 0 spiro atoms. The first kappa shape index (κ1) is 27.4. The fourth-order valence-corrected chi connectivity index (χ4v) is 5.57. The smallest absolute Gasteiger partial charge is 0.251 e. The molecule has 0 aliphatic carbocycles. The Kier molecular flexibility index (Phi) is 7.12. The van der Waals surface area contributed by atoms with Crippen LogP contribution >= 0.6 is 0 Å². The molecular formula is C32H37N5O3. The zero-order valence-corrected chi connectivity index (χ0v) is 23.7. The van der Waals surface area contributed by atoms with Gasteiger partial charge in [0.1, 0.15) is 11.4 Å². The van der Waals surface area contributed by atoms with E-state index in [9.17, 15) is 9.59 Å². The maximum Gasteiger partial charge on any atom is 0.251 e. The molecule has 0 saturated carbocycles. The number of carbonyl (C=O) groups is 2. The molecule has 5 rings (SSSR count). The highest BCUT2D eigenvalue weighted by Crippen LogP contribution is 2.40. The molecule has 2 aliphatic heterocycles. The van der Waals surface area contributed by atoms with Gasteiger partial charge in [-0.25, -0.2) is 0 Å². The molecule has 0 radical (unpaired) electrons. The Morgan fingerprint density at radius 2 is 1.85 bits per heavy atom. The van der Waals surface area contributed by atoms with Gasteiger partial charge in [0, 0.05) is 35.5 Å². The molecule has 1 unspecified atom stereocenters. The minimum absolute atomic E-state index is 0.0391. The average molecular weight is 540 g/mol. The molecule has 1 saturated heterocycles. The van der Waals surface area contributed by atoms with Crippen LogP contribution in [0.2, 0.25) is 0 Å². The fraction of sp³-hybridized carbons (Fsp3) is 0.375. The van der Waals surface area contributed by atoms with Gasteiger partial charge in [0.15, 0.2) is 5.96 Å². The number of nitrogens with one attached hydrogen (secondary N) is 3. The molecule has 208 valence electrons. The van der Waals surface area contributed by atoms with Crippen molar-refractivity contribution >= 4 is 17.8 Å². The van der Waals surface area contributed by atoms with Crippen LogP contribution in [-0.2, 0) is 4.79 Å². The Bertz CT molecular complexity index is 1420. The molecule has 3 heterocycles. The highest BCUT2D eigenvalue weighted by atomic mass is 16.5. The second kappa shape index (κ2) is 10.4. The molecule has 2 aliphatic rings. The van der Waals surface area contributed by atoms with Crippen molar-refractivity contribution in [2.24, 2.45) is 5.92 Å². The Balaban J connectivity index is 1.47. The van der Waals surface area contributed by atoms with Gasteiger partial charge in [0.25, 0.3) is 5.91 Å². The molecule has 40 heavy (non-hydrogen) atoms. The number of guanidine groups is 1. The van der Waals surface area contributed by atoms with Crippen molar-refractivity contribution in [1.29, 1.82) is 5.41 Å². The topological polar surface area (TPSA) is 107 Å². The lowest BCUT2D eigenvalue weighted by Gasteiger charge is -2.45. The highest BCUT2D eigenvalue weighted by Gasteiger charge is 2.43. The van der Waals surface area contributed by atoms with Crippen molar-refractivity contribution in [2.45, 2.75) is 70.7 Å². The second-order valence-corrected chi connectivity index (χ2v) is 11.9. The maximum atomic E-state index is 13.6. The van der Waals surface area contributed by atoms with E-state index in [-0.39, 0.29) is 36.2 Å². The third-order valence-corrected chi connectivity index (χ3v) is 8.11. The SMILES string of the molecule is CC(C)[C@]1(C)CC(=O)N(C(c2cccnc2)c2cccc(C(=O)N[C@H]3CC(C)(C)Oc4ccccc43)c2)C(=N)N1. The van der Waals surface area contributed by atoms with Crippen LogP contribution in [0.5, 0.6) is 5.75 Å². The lowest BCUT2D eigenvalue weighted by molar-refractivity contribution is -0.132. The lowest BCUT2D eigenvalue weighted by Crippen LogP contribution is -2.63. The van der Waals surface area contributed by atoms with E-state index in [0.29, 0.717) is 12.0 Å². The zero-order valence-electron chi connectivity index (χ0n) is 23.7. The summed E-state index contributed by atoms with van der Waals surface area (Å²) in [5.41, 5.74) is 1.97. The average Bonchev–Trinajstić information content (AvgIpc) is 2.90. The molecule has 3 N–H and O–H groups in total. The number of ether oxygens (including phenoxy) is 1. The van der Waals surface area contributed by atoms with Gasteiger partial charge in [0.2, 0.25) is 5.91 Å². The van der Waals surface area contributed by atoms with E-state index in [1.165, 1.54) is 4.90 Å². The predicted molar refractivity (Wildman–Crippen MR) is 154 cm³/mol. The van der Waals surface area contributed by atoms with Crippen molar-refractivity contribution in [1.82, 2.24) is 20.5 Å². The number of pyridine rings is 1. The summed E-state index contributed by atoms with van der Waals surface area (Å²) in [4.78, 5) is 33.0. The second-order valence-electron chi connectivity index (χ2n) is 11.9. The normalized spacial score (nSPS) is 22.6. The van der Waals surface area contributed by atoms with Gasteiger partial charge in [-0.1, -0.05) is 50.2 Å². The van der Waals surface area contributed by atoms with Gasteiger partial charge < -0.3 is 15.4 Å². The van der Waals surface area contributed by atoms with Crippen LogP contribution in [0.1, 0.15) is 86.6 Å². The van der Waals surface area contributed by atoms with Crippen LogP contribution in [0.4, 0.5) is 0 Å². The minimum atomic E-state index is -0.617. The standard InChI is InChI=1S/C32H37N5O3/c1-20(2)32(5)18-27(38)37(30(33)36-32)28(23-12-9-15-34-19-23)21-10-8-11-22(16-21)29(39)35-25-17-31(3,4)40-26-14-7-6-13-24(25)26/h6-16,19-20,25,28H,17-18H2,1-5H3,(H2,33,36)(H,35,39)/t25-,28?,32-/m0/s1. The van der Waals surface area contributed by atoms with Crippen molar-refractivity contribution < 1.29 is 14.3 Å². The van der Waals surface area contributed by atoms with Crippen molar-refractivity contribution in [3.8, 4) is 5.75 Å². The van der Waals surface area contributed by atoms with E-state index < -0.39 is 17.2 Å².